The van der Waals surface area contributed by atoms with Gasteiger partial charge in [0.1, 0.15) is 5.82 Å². The lowest BCUT2D eigenvalue weighted by Gasteiger charge is -2.14. The molecule has 0 fully saturated rings. The number of alkyl halides is 1. The first-order valence-corrected chi connectivity index (χ1v) is 11.8. The number of rotatable bonds is 6. The van der Waals surface area contributed by atoms with Crippen molar-refractivity contribution in [3.05, 3.63) is 115 Å². The predicted octanol–water partition coefficient (Wildman–Crippen LogP) is 8.31. The number of aromatic nitrogens is 2. The molecule has 0 aliphatic heterocycles. The number of halogens is 1. The highest BCUT2D eigenvalue weighted by atomic mass is 35.5. The molecule has 5 aromatic rings. The Hall–Kier alpha value is -3.62. The van der Waals surface area contributed by atoms with E-state index in [2.05, 4.69) is 115 Å². The Kier molecular flexibility index (Phi) is 6.10. The molecule has 0 unspecified atom stereocenters. The molecule has 0 saturated heterocycles. The fourth-order valence-corrected chi connectivity index (χ4v) is 4.57. The minimum absolute atomic E-state index is 0.496. The van der Waals surface area contributed by atoms with Crippen molar-refractivity contribution in [2.75, 3.05) is 0 Å². The van der Waals surface area contributed by atoms with Gasteiger partial charge in [-0.2, -0.15) is 0 Å². The highest BCUT2D eigenvalue weighted by Crippen LogP contribution is 2.39. The number of hydrogen-bond donors (Lipinski definition) is 0. The molecule has 1 heterocycles. The fraction of sp³-hybridized carbons (Fsp3) is 0.100. The second-order valence-electron chi connectivity index (χ2n) is 7.99. The molecule has 0 radical (unpaired) electrons. The number of hydrogen-bond acceptors (Lipinski definition) is 1. The summed E-state index contributed by atoms with van der Waals surface area (Å²) in [5.41, 5.74) is 8.96. The summed E-state index contributed by atoms with van der Waals surface area (Å²) in [4.78, 5) is 5.26. The molecule has 0 atom stereocenters. The van der Waals surface area contributed by atoms with E-state index in [4.69, 9.17) is 16.6 Å². The molecule has 0 saturated carbocycles. The quantitative estimate of drug-likeness (QED) is 0.239. The van der Waals surface area contributed by atoms with Gasteiger partial charge in [0.15, 0.2) is 0 Å². The van der Waals surface area contributed by atoms with E-state index >= 15 is 0 Å². The third-order valence-electron chi connectivity index (χ3n) is 5.94. The van der Waals surface area contributed by atoms with Crippen LogP contribution >= 0.6 is 11.6 Å². The van der Waals surface area contributed by atoms with Crippen LogP contribution in [0.4, 0.5) is 0 Å². The van der Waals surface area contributed by atoms with Crippen molar-refractivity contribution >= 4 is 11.6 Å². The van der Waals surface area contributed by atoms with Crippen LogP contribution in [0.2, 0.25) is 0 Å². The molecule has 0 aliphatic carbocycles. The van der Waals surface area contributed by atoms with E-state index in [1.54, 1.807) is 0 Å². The Labute approximate surface area is 200 Å². The summed E-state index contributed by atoms with van der Waals surface area (Å²) in [6, 6.07) is 38.0. The Balaban J connectivity index is 1.78. The number of imidazole rings is 1. The number of benzene rings is 4. The van der Waals surface area contributed by atoms with Crippen molar-refractivity contribution in [1.29, 1.82) is 0 Å². The normalized spacial score (nSPS) is 11.0. The zero-order valence-corrected chi connectivity index (χ0v) is 19.3. The van der Waals surface area contributed by atoms with E-state index in [9.17, 15) is 0 Å². The molecule has 33 heavy (non-hydrogen) atoms. The van der Waals surface area contributed by atoms with Crippen LogP contribution in [-0.2, 0) is 12.4 Å². The minimum atomic E-state index is 0.496. The molecule has 0 N–H and O–H groups in total. The van der Waals surface area contributed by atoms with Crippen LogP contribution in [0, 0.1) is 0 Å². The summed E-state index contributed by atoms with van der Waals surface area (Å²) in [5, 5.41) is 0. The summed E-state index contributed by atoms with van der Waals surface area (Å²) in [6.45, 7) is 3.00. The van der Waals surface area contributed by atoms with Gasteiger partial charge in [0.25, 0.3) is 0 Å². The summed E-state index contributed by atoms with van der Waals surface area (Å²) in [5.74, 6) is 1.47. The van der Waals surface area contributed by atoms with Gasteiger partial charge in [0, 0.05) is 29.1 Å². The molecule has 0 bridgehead atoms. The monoisotopic (exact) mass is 448 g/mol. The Morgan fingerprint density at radius 2 is 1.27 bits per heavy atom. The Morgan fingerprint density at radius 1 is 0.667 bits per heavy atom. The molecular weight excluding hydrogens is 424 g/mol. The molecule has 1 aromatic heterocycles. The van der Waals surface area contributed by atoms with Gasteiger partial charge in [-0.3, -0.25) is 0 Å². The van der Waals surface area contributed by atoms with Gasteiger partial charge in [-0.1, -0.05) is 103 Å². The smallest absolute Gasteiger partial charge is 0.141 e. The van der Waals surface area contributed by atoms with Gasteiger partial charge in [-0.05, 0) is 29.7 Å². The SMILES string of the molecule is CCn1c(-c2ccccc2-c2cccc(CCl)c2)nc(-c2ccccc2)c1-c1ccccc1. The van der Waals surface area contributed by atoms with Gasteiger partial charge < -0.3 is 4.57 Å². The van der Waals surface area contributed by atoms with Crippen LogP contribution in [0.1, 0.15) is 12.5 Å². The third kappa shape index (κ3) is 4.10. The van der Waals surface area contributed by atoms with Crippen molar-refractivity contribution in [3.8, 4) is 45.0 Å². The predicted molar refractivity (Wildman–Crippen MR) is 139 cm³/mol. The molecule has 4 aromatic carbocycles. The van der Waals surface area contributed by atoms with Crippen molar-refractivity contribution in [3.63, 3.8) is 0 Å². The molecule has 0 amide bonds. The first-order valence-electron chi connectivity index (χ1n) is 11.3. The first kappa shape index (κ1) is 21.2. The first-order chi connectivity index (χ1) is 16.3. The average molecular weight is 449 g/mol. The van der Waals surface area contributed by atoms with Crippen molar-refractivity contribution in [2.45, 2.75) is 19.3 Å². The Bertz CT molecular complexity index is 1370. The van der Waals surface area contributed by atoms with Gasteiger partial charge in [-0.15, -0.1) is 11.6 Å². The lowest BCUT2D eigenvalue weighted by Crippen LogP contribution is -2.01. The molecular formula is C30H25ClN2. The molecule has 5 rings (SSSR count). The highest BCUT2D eigenvalue weighted by molar-refractivity contribution is 6.17. The topological polar surface area (TPSA) is 17.8 Å². The second kappa shape index (κ2) is 9.48. The summed E-state index contributed by atoms with van der Waals surface area (Å²) in [7, 11) is 0. The van der Waals surface area contributed by atoms with Crippen LogP contribution in [0.3, 0.4) is 0 Å². The average Bonchev–Trinajstić information content (AvgIpc) is 3.29. The van der Waals surface area contributed by atoms with Crippen LogP contribution in [0.5, 0.6) is 0 Å². The lowest BCUT2D eigenvalue weighted by atomic mass is 9.98. The highest BCUT2D eigenvalue weighted by Gasteiger charge is 2.22. The van der Waals surface area contributed by atoms with E-state index in [0.29, 0.717) is 5.88 Å². The van der Waals surface area contributed by atoms with Gasteiger partial charge >= 0.3 is 0 Å². The lowest BCUT2D eigenvalue weighted by molar-refractivity contribution is 0.778. The zero-order chi connectivity index (χ0) is 22.6. The summed E-state index contributed by atoms with van der Waals surface area (Å²) >= 11 is 6.13. The van der Waals surface area contributed by atoms with Gasteiger partial charge in [0.2, 0.25) is 0 Å². The van der Waals surface area contributed by atoms with E-state index in [0.717, 1.165) is 51.6 Å². The van der Waals surface area contributed by atoms with Crippen molar-refractivity contribution < 1.29 is 0 Å². The third-order valence-corrected chi connectivity index (χ3v) is 6.25. The molecule has 3 heteroatoms. The van der Waals surface area contributed by atoms with E-state index in [1.165, 1.54) is 5.56 Å². The Morgan fingerprint density at radius 3 is 1.94 bits per heavy atom. The van der Waals surface area contributed by atoms with Crippen LogP contribution in [0.15, 0.2) is 109 Å². The molecule has 0 spiro atoms. The van der Waals surface area contributed by atoms with Crippen LogP contribution < -0.4 is 0 Å². The van der Waals surface area contributed by atoms with Crippen molar-refractivity contribution in [2.24, 2.45) is 0 Å². The van der Waals surface area contributed by atoms with Gasteiger partial charge in [0.05, 0.1) is 11.4 Å². The van der Waals surface area contributed by atoms with Crippen LogP contribution in [-0.4, -0.2) is 9.55 Å². The maximum Gasteiger partial charge on any atom is 0.141 e. The maximum absolute atomic E-state index is 6.13. The largest absolute Gasteiger partial charge is 0.324 e. The maximum atomic E-state index is 6.13. The summed E-state index contributed by atoms with van der Waals surface area (Å²) in [6.07, 6.45) is 0. The fourth-order valence-electron chi connectivity index (χ4n) is 4.40. The van der Waals surface area contributed by atoms with Gasteiger partial charge in [-0.25, -0.2) is 4.98 Å². The van der Waals surface area contributed by atoms with Crippen LogP contribution in [0.25, 0.3) is 45.0 Å². The molecule has 0 aliphatic rings. The van der Waals surface area contributed by atoms with E-state index < -0.39 is 0 Å². The molecule has 162 valence electrons. The van der Waals surface area contributed by atoms with Crippen molar-refractivity contribution in [1.82, 2.24) is 9.55 Å². The zero-order valence-electron chi connectivity index (χ0n) is 18.6. The summed E-state index contributed by atoms with van der Waals surface area (Å²) < 4.78 is 2.34. The number of nitrogens with zero attached hydrogens (tertiary/aromatic N) is 2. The van der Waals surface area contributed by atoms with E-state index in [1.807, 2.05) is 6.07 Å². The minimum Gasteiger partial charge on any atom is -0.324 e. The second-order valence-corrected chi connectivity index (χ2v) is 8.26. The standard InChI is InChI=1S/C30H25ClN2/c1-2-33-29(24-15-7-4-8-16-24)28(23-13-5-3-6-14-23)32-30(33)27-19-10-9-18-26(27)25-17-11-12-22(20-25)21-31/h3-20H,2,21H2,1H3. The molecule has 2 nitrogen and oxygen atoms in total. The van der Waals surface area contributed by atoms with E-state index in [-0.39, 0.29) is 0 Å².